The number of halogens is 1. The third-order valence-corrected chi connectivity index (χ3v) is 2.96. The van der Waals surface area contributed by atoms with Crippen LogP contribution >= 0.6 is 0 Å². The zero-order valence-corrected chi connectivity index (χ0v) is 9.37. The van der Waals surface area contributed by atoms with Gasteiger partial charge in [0.05, 0.1) is 12.8 Å². The smallest absolute Gasteiger partial charge is 0.146 e. The Morgan fingerprint density at radius 3 is 2.88 bits per heavy atom. The lowest BCUT2D eigenvalue weighted by Gasteiger charge is -2.18. The Morgan fingerprint density at radius 2 is 2.31 bits per heavy atom. The molecule has 0 aliphatic heterocycles. The van der Waals surface area contributed by atoms with Gasteiger partial charge in [-0.2, -0.15) is 0 Å². The number of methoxy groups -OCH3 is 1. The van der Waals surface area contributed by atoms with E-state index in [0.29, 0.717) is 23.9 Å². The average Bonchev–Trinajstić information content (AvgIpc) is 3.12. The van der Waals surface area contributed by atoms with Crippen molar-refractivity contribution in [1.82, 2.24) is 0 Å². The van der Waals surface area contributed by atoms with Crippen LogP contribution in [0.2, 0.25) is 0 Å². The largest absolute Gasteiger partial charge is 0.497 e. The normalized spacial score (nSPS) is 16.9. The second-order valence-corrected chi connectivity index (χ2v) is 4.17. The van der Waals surface area contributed by atoms with Gasteiger partial charge < -0.3 is 15.8 Å². The maximum atomic E-state index is 13.5. The van der Waals surface area contributed by atoms with Gasteiger partial charge in [-0.05, 0) is 30.9 Å². The third kappa shape index (κ3) is 2.44. The first-order valence-electron chi connectivity index (χ1n) is 5.54. The summed E-state index contributed by atoms with van der Waals surface area (Å²) in [6, 6.07) is 4.85. The number of nitrogens with one attached hydrogen (secondary N) is 1. The van der Waals surface area contributed by atoms with Crippen molar-refractivity contribution in [3.63, 3.8) is 0 Å². The molecule has 0 aromatic heterocycles. The molecule has 1 unspecified atom stereocenters. The summed E-state index contributed by atoms with van der Waals surface area (Å²) in [7, 11) is 1.57. The monoisotopic (exact) mass is 224 g/mol. The molecule has 0 amide bonds. The Hall–Kier alpha value is -1.29. The molecule has 0 saturated heterocycles. The molecule has 1 fully saturated rings. The van der Waals surface area contributed by atoms with Crippen LogP contribution in [-0.4, -0.2) is 19.7 Å². The molecule has 16 heavy (non-hydrogen) atoms. The summed E-state index contributed by atoms with van der Waals surface area (Å²) in [6.07, 6.45) is 2.36. The Labute approximate surface area is 94.8 Å². The minimum Gasteiger partial charge on any atom is -0.497 e. The lowest BCUT2D eigenvalue weighted by molar-refractivity contribution is 0.414. The molecule has 1 aliphatic carbocycles. The quantitative estimate of drug-likeness (QED) is 0.804. The molecule has 0 heterocycles. The number of nitrogens with two attached hydrogens (primary N) is 1. The molecule has 4 heteroatoms. The maximum Gasteiger partial charge on any atom is 0.146 e. The predicted octanol–water partition coefficient (Wildman–Crippen LogP) is 1.98. The molecular weight excluding hydrogens is 207 g/mol. The molecule has 1 aromatic rings. The van der Waals surface area contributed by atoms with Gasteiger partial charge in [0.25, 0.3) is 0 Å². The van der Waals surface area contributed by atoms with Crippen molar-refractivity contribution < 1.29 is 9.13 Å². The molecule has 0 spiro atoms. The van der Waals surface area contributed by atoms with Crippen molar-refractivity contribution in [2.75, 3.05) is 19.0 Å². The van der Waals surface area contributed by atoms with Crippen LogP contribution in [0.1, 0.15) is 12.8 Å². The molecule has 1 aromatic carbocycles. The topological polar surface area (TPSA) is 47.3 Å². The lowest BCUT2D eigenvalue weighted by Crippen LogP contribution is -2.31. The maximum absolute atomic E-state index is 13.5. The van der Waals surface area contributed by atoms with Crippen LogP contribution in [0.15, 0.2) is 18.2 Å². The second-order valence-electron chi connectivity index (χ2n) is 4.17. The zero-order valence-electron chi connectivity index (χ0n) is 9.37. The van der Waals surface area contributed by atoms with Gasteiger partial charge in [-0.15, -0.1) is 0 Å². The molecular formula is C12H17FN2O. The summed E-state index contributed by atoms with van der Waals surface area (Å²) >= 11 is 0. The lowest BCUT2D eigenvalue weighted by atomic mass is 10.1. The highest BCUT2D eigenvalue weighted by molar-refractivity contribution is 5.50. The molecule has 88 valence electrons. The van der Waals surface area contributed by atoms with E-state index in [1.807, 2.05) is 0 Å². The van der Waals surface area contributed by atoms with Crippen LogP contribution < -0.4 is 15.8 Å². The van der Waals surface area contributed by atoms with Crippen molar-refractivity contribution in [1.29, 1.82) is 0 Å². The molecule has 3 N–H and O–H groups in total. The van der Waals surface area contributed by atoms with Gasteiger partial charge in [0, 0.05) is 18.7 Å². The Bertz CT molecular complexity index is 366. The number of rotatable bonds is 5. The van der Waals surface area contributed by atoms with Gasteiger partial charge in [-0.25, -0.2) is 4.39 Å². The van der Waals surface area contributed by atoms with E-state index in [0.717, 1.165) is 0 Å². The van der Waals surface area contributed by atoms with Crippen LogP contribution in [0.4, 0.5) is 10.1 Å². The van der Waals surface area contributed by atoms with E-state index in [9.17, 15) is 4.39 Å². The number of ether oxygens (including phenoxy) is 1. The highest BCUT2D eigenvalue weighted by Crippen LogP contribution is 2.34. The van der Waals surface area contributed by atoms with Gasteiger partial charge in [-0.1, -0.05) is 0 Å². The van der Waals surface area contributed by atoms with Crippen LogP contribution in [-0.2, 0) is 0 Å². The Balaban J connectivity index is 2.11. The molecule has 1 atom stereocenters. The molecule has 0 radical (unpaired) electrons. The number of anilines is 1. The number of hydrogen-bond acceptors (Lipinski definition) is 3. The van der Waals surface area contributed by atoms with Gasteiger partial charge >= 0.3 is 0 Å². The van der Waals surface area contributed by atoms with Crippen LogP contribution in [0.25, 0.3) is 0 Å². The fourth-order valence-corrected chi connectivity index (χ4v) is 1.81. The van der Waals surface area contributed by atoms with Gasteiger partial charge in [0.2, 0.25) is 0 Å². The Morgan fingerprint density at radius 1 is 1.56 bits per heavy atom. The van der Waals surface area contributed by atoms with Crippen molar-refractivity contribution >= 4 is 5.69 Å². The first-order valence-corrected chi connectivity index (χ1v) is 5.54. The van der Waals surface area contributed by atoms with E-state index in [-0.39, 0.29) is 11.9 Å². The zero-order chi connectivity index (χ0) is 11.5. The second kappa shape index (κ2) is 4.70. The van der Waals surface area contributed by atoms with Crippen LogP contribution in [0, 0.1) is 11.7 Å². The minimum absolute atomic E-state index is 0.168. The summed E-state index contributed by atoms with van der Waals surface area (Å²) in [5.74, 6) is 0.978. The van der Waals surface area contributed by atoms with Gasteiger partial charge in [0.1, 0.15) is 11.6 Å². The summed E-state index contributed by atoms with van der Waals surface area (Å²) in [6.45, 7) is 0.529. The van der Waals surface area contributed by atoms with E-state index < -0.39 is 0 Å². The Kier molecular flexibility index (Phi) is 3.29. The third-order valence-electron chi connectivity index (χ3n) is 2.96. The van der Waals surface area contributed by atoms with Gasteiger partial charge in [-0.3, -0.25) is 0 Å². The first kappa shape index (κ1) is 11.2. The van der Waals surface area contributed by atoms with Crippen LogP contribution in [0.3, 0.4) is 0 Å². The average molecular weight is 224 g/mol. The standard InChI is InChI=1S/C12H17FN2O/c1-16-9-4-5-10(13)11(6-9)15-12(7-14)8-2-3-8/h4-6,8,12,15H,2-3,7,14H2,1H3. The number of benzene rings is 1. The molecule has 3 nitrogen and oxygen atoms in total. The number of hydrogen-bond donors (Lipinski definition) is 2. The van der Waals surface area contributed by atoms with Crippen LogP contribution in [0.5, 0.6) is 5.75 Å². The fourth-order valence-electron chi connectivity index (χ4n) is 1.81. The first-order chi connectivity index (χ1) is 7.74. The molecule has 1 saturated carbocycles. The van der Waals surface area contributed by atoms with E-state index in [2.05, 4.69) is 5.32 Å². The van der Waals surface area contributed by atoms with Crippen molar-refractivity contribution in [2.45, 2.75) is 18.9 Å². The highest BCUT2D eigenvalue weighted by atomic mass is 19.1. The summed E-state index contributed by atoms with van der Waals surface area (Å²) in [4.78, 5) is 0. The van der Waals surface area contributed by atoms with Gasteiger partial charge in [0.15, 0.2) is 0 Å². The van der Waals surface area contributed by atoms with Crippen molar-refractivity contribution in [3.8, 4) is 5.75 Å². The predicted molar refractivity (Wildman–Crippen MR) is 62.1 cm³/mol. The summed E-state index contributed by atoms with van der Waals surface area (Å²) < 4.78 is 18.6. The molecule has 1 aliphatic rings. The van der Waals surface area contributed by atoms with Crippen molar-refractivity contribution in [3.05, 3.63) is 24.0 Å². The fraction of sp³-hybridized carbons (Fsp3) is 0.500. The van der Waals surface area contributed by atoms with E-state index >= 15 is 0 Å². The van der Waals surface area contributed by atoms with E-state index in [1.54, 1.807) is 19.2 Å². The summed E-state index contributed by atoms with van der Waals surface area (Å²) in [5, 5.41) is 3.15. The van der Waals surface area contributed by atoms with E-state index in [1.165, 1.54) is 18.9 Å². The van der Waals surface area contributed by atoms with E-state index in [4.69, 9.17) is 10.5 Å². The molecule has 0 bridgehead atoms. The van der Waals surface area contributed by atoms with Crippen molar-refractivity contribution in [2.24, 2.45) is 11.7 Å². The molecule has 2 rings (SSSR count). The minimum atomic E-state index is -0.264. The SMILES string of the molecule is COc1ccc(F)c(NC(CN)C2CC2)c1. The highest BCUT2D eigenvalue weighted by Gasteiger charge is 2.30. The summed E-state index contributed by atoms with van der Waals surface area (Å²) in [5.41, 5.74) is 6.14.